The average Bonchev–Trinajstić information content (AvgIpc) is 2.25. The summed E-state index contributed by atoms with van der Waals surface area (Å²) in [5.74, 6) is 0.0997. The molecule has 3 heteroatoms. The van der Waals surface area contributed by atoms with Crippen molar-refractivity contribution in [3.8, 4) is 0 Å². The molecule has 1 rings (SSSR count). The molecule has 0 aromatic carbocycles. The van der Waals surface area contributed by atoms with Gasteiger partial charge in [-0.25, -0.2) is 0 Å². The maximum absolute atomic E-state index is 11.7. The molecule has 2 N–H and O–H groups in total. The van der Waals surface area contributed by atoms with Gasteiger partial charge in [-0.15, -0.1) is 0 Å². The second kappa shape index (κ2) is 4.30. The molecular formula is C11H22N2O. The van der Waals surface area contributed by atoms with Gasteiger partial charge in [-0.1, -0.05) is 13.8 Å². The highest BCUT2D eigenvalue weighted by Crippen LogP contribution is 2.29. The van der Waals surface area contributed by atoms with Gasteiger partial charge < -0.3 is 10.6 Å². The van der Waals surface area contributed by atoms with Crippen LogP contribution in [0.4, 0.5) is 0 Å². The summed E-state index contributed by atoms with van der Waals surface area (Å²) in [5, 5.41) is 0. The predicted octanol–water partition coefficient (Wildman–Crippen LogP) is 1.37. The van der Waals surface area contributed by atoms with Crippen molar-refractivity contribution in [1.29, 1.82) is 0 Å². The number of hydrogen-bond acceptors (Lipinski definition) is 2. The van der Waals surface area contributed by atoms with Crippen LogP contribution in [0.5, 0.6) is 0 Å². The minimum atomic E-state index is -0.351. The molecule has 1 atom stereocenters. The first-order valence-corrected chi connectivity index (χ1v) is 5.47. The number of carbonyl (C=O) groups excluding carboxylic acids is 1. The number of rotatable bonds is 1. The Morgan fingerprint density at radius 1 is 1.36 bits per heavy atom. The molecule has 0 aromatic heterocycles. The highest BCUT2D eigenvalue weighted by molar-refractivity contribution is 5.81. The Labute approximate surface area is 86.6 Å². The van der Waals surface area contributed by atoms with E-state index in [0.717, 1.165) is 25.9 Å². The van der Waals surface area contributed by atoms with Crippen LogP contribution in [0.3, 0.4) is 0 Å². The molecule has 0 aromatic rings. The smallest absolute Gasteiger partial charge is 0.239 e. The molecule has 1 aliphatic heterocycles. The van der Waals surface area contributed by atoms with Gasteiger partial charge in [0.15, 0.2) is 0 Å². The Morgan fingerprint density at radius 2 is 2.00 bits per heavy atom. The predicted molar refractivity (Wildman–Crippen MR) is 57.9 cm³/mol. The lowest BCUT2D eigenvalue weighted by atomic mass is 9.85. The second-order valence-corrected chi connectivity index (χ2v) is 5.13. The fraction of sp³-hybridized carbons (Fsp3) is 0.909. The Bertz CT molecular complexity index is 211. The van der Waals surface area contributed by atoms with Gasteiger partial charge in [-0.05, 0) is 31.6 Å². The molecule has 14 heavy (non-hydrogen) atoms. The standard InChI is InChI=1S/C11H22N2O/c1-9(12)10(14)13-7-4-5-11(2,3)6-8-13/h9H,4-8,12H2,1-3H3/t9-/m0/s1. The van der Waals surface area contributed by atoms with Crippen molar-refractivity contribution in [3.05, 3.63) is 0 Å². The molecule has 1 heterocycles. The van der Waals surface area contributed by atoms with E-state index in [1.165, 1.54) is 6.42 Å². The van der Waals surface area contributed by atoms with Gasteiger partial charge in [0.2, 0.25) is 5.91 Å². The van der Waals surface area contributed by atoms with Crippen LogP contribution in [0, 0.1) is 5.41 Å². The van der Waals surface area contributed by atoms with Crippen LogP contribution in [-0.4, -0.2) is 29.9 Å². The summed E-state index contributed by atoms with van der Waals surface area (Å²) < 4.78 is 0. The summed E-state index contributed by atoms with van der Waals surface area (Å²) >= 11 is 0. The lowest BCUT2D eigenvalue weighted by Crippen LogP contribution is -2.42. The van der Waals surface area contributed by atoms with Crippen LogP contribution in [0.25, 0.3) is 0 Å². The summed E-state index contributed by atoms with van der Waals surface area (Å²) in [6.45, 7) is 8.05. The van der Waals surface area contributed by atoms with Gasteiger partial charge in [0.1, 0.15) is 0 Å². The van der Waals surface area contributed by atoms with Crippen LogP contribution in [0.1, 0.15) is 40.0 Å². The lowest BCUT2D eigenvalue weighted by molar-refractivity contribution is -0.132. The Hall–Kier alpha value is -0.570. The molecule has 1 aliphatic rings. The van der Waals surface area contributed by atoms with Crippen molar-refractivity contribution in [1.82, 2.24) is 4.90 Å². The first kappa shape index (κ1) is 11.5. The van der Waals surface area contributed by atoms with Crippen LogP contribution >= 0.6 is 0 Å². The Morgan fingerprint density at radius 3 is 2.57 bits per heavy atom. The molecule has 0 unspecified atom stereocenters. The maximum Gasteiger partial charge on any atom is 0.239 e. The quantitative estimate of drug-likeness (QED) is 0.691. The van der Waals surface area contributed by atoms with Crippen molar-refractivity contribution >= 4 is 5.91 Å². The van der Waals surface area contributed by atoms with E-state index in [2.05, 4.69) is 13.8 Å². The molecular weight excluding hydrogens is 176 g/mol. The van der Waals surface area contributed by atoms with Crippen molar-refractivity contribution < 1.29 is 4.79 Å². The van der Waals surface area contributed by atoms with Crippen LogP contribution < -0.4 is 5.73 Å². The molecule has 0 saturated carbocycles. The van der Waals surface area contributed by atoms with E-state index in [9.17, 15) is 4.79 Å². The van der Waals surface area contributed by atoms with Gasteiger partial charge >= 0.3 is 0 Å². The number of nitrogens with two attached hydrogens (primary N) is 1. The van der Waals surface area contributed by atoms with Crippen molar-refractivity contribution in [2.45, 2.75) is 46.1 Å². The first-order chi connectivity index (χ1) is 6.42. The van der Waals surface area contributed by atoms with Gasteiger partial charge in [-0.3, -0.25) is 4.79 Å². The third-order valence-corrected chi connectivity index (χ3v) is 3.04. The molecule has 82 valence electrons. The zero-order valence-corrected chi connectivity index (χ0v) is 9.55. The lowest BCUT2D eigenvalue weighted by Gasteiger charge is -2.24. The summed E-state index contributed by atoms with van der Waals surface area (Å²) in [4.78, 5) is 13.6. The number of carbonyl (C=O) groups is 1. The molecule has 0 spiro atoms. The van der Waals surface area contributed by atoms with E-state index in [4.69, 9.17) is 5.73 Å². The summed E-state index contributed by atoms with van der Waals surface area (Å²) in [7, 11) is 0. The average molecular weight is 198 g/mol. The largest absolute Gasteiger partial charge is 0.341 e. The summed E-state index contributed by atoms with van der Waals surface area (Å²) in [6, 6.07) is -0.351. The third-order valence-electron chi connectivity index (χ3n) is 3.04. The van der Waals surface area contributed by atoms with Gasteiger partial charge in [-0.2, -0.15) is 0 Å². The maximum atomic E-state index is 11.7. The van der Waals surface area contributed by atoms with E-state index >= 15 is 0 Å². The van der Waals surface area contributed by atoms with Crippen LogP contribution in [0.2, 0.25) is 0 Å². The van der Waals surface area contributed by atoms with E-state index < -0.39 is 0 Å². The molecule has 3 nitrogen and oxygen atoms in total. The van der Waals surface area contributed by atoms with Crippen LogP contribution in [0.15, 0.2) is 0 Å². The summed E-state index contributed by atoms with van der Waals surface area (Å²) in [6.07, 6.45) is 3.40. The molecule has 0 aliphatic carbocycles. The molecule has 1 fully saturated rings. The van der Waals surface area contributed by atoms with E-state index in [1.54, 1.807) is 6.92 Å². The van der Waals surface area contributed by atoms with Crippen molar-refractivity contribution in [3.63, 3.8) is 0 Å². The number of hydrogen-bond donors (Lipinski definition) is 1. The Balaban J connectivity index is 2.54. The van der Waals surface area contributed by atoms with Crippen molar-refractivity contribution in [2.75, 3.05) is 13.1 Å². The monoisotopic (exact) mass is 198 g/mol. The van der Waals surface area contributed by atoms with E-state index in [-0.39, 0.29) is 11.9 Å². The SMILES string of the molecule is C[C@H](N)C(=O)N1CCCC(C)(C)CC1. The minimum absolute atomic E-state index is 0.0997. The normalized spacial score (nSPS) is 24.1. The molecule has 0 radical (unpaired) electrons. The minimum Gasteiger partial charge on any atom is -0.341 e. The fourth-order valence-electron chi connectivity index (χ4n) is 1.93. The first-order valence-electron chi connectivity index (χ1n) is 5.47. The zero-order chi connectivity index (χ0) is 10.8. The zero-order valence-electron chi connectivity index (χ0n) is 9.55. The molecule has 0 bridgehead atoms. The third kappa shape index (κ3) is 2.98. The van der Waals surface area contributed by atoms with Gasteiger partial charge in [0.25, 0.3) is 0 Å². The fourth-order valence-corrected chi connectivity index (χ4v) is 1.93. The highest BCUT2D eigenvalue weighted by Gasteiger charge is 2.26. The van der Waals surface area contributed by atoms with Gasteiger partial charge in [0.05, 0.1) is 6.04 Å². The second-order valence-electron chi connectivity index (χ2n) is 5.13. The van der Waals surface area contributed by atoms with Crippen molar-refractivity contribution in [2.24, 2.45) is 11.1 Å². The molecule has 1 saturated heterocycles. The molecule has 1 amide bonds. The number of nitrogens with zero attached hydrogens (tertiary/aromatic N) is 1. The van der Waals surface area contributed by atoms with E-state index in [1.807, 2.05) is 4.90 Å². The van der Waals surface area contributed by atoms with Gasteiger partial charge in [0, 0.05) is 13.1 Å². The highest BCUT2D eigenvalue weighted by atomic mass is 16.2. The summed E-state index contributed by atoms with van der Waals surface area (Å²) in [5.41, 5.74) is 5.98. The number of amides is 1. The number of likely N-dealkylation sites (tertiary alicyclic amines) is 1. The van der Waals surface area contributed by atoms with E-state index in [0.29, 0.717) is 5.41 Å². The van der Waals surface area contributed by atoms with Crippen LogP contribution in [-0.2, 0) is 4.79 Å². The topological polar surface area (TPSA) is 46.3 Å². The Kier molecular flexibility index (Phi) is 3.53.